The van der Waals surface area contributed by atoms with Crippen molar-refractivity contribution in [2.24, 2.45) is 0 Å². The first kappa shape index (κ1) is 8.58. The minimum absolute atomic E-state index is 0.333. The second kappa shape index (κ2) is 4.41. The van der Waals surface area contributed by atoms with E-state index in [1.807, 2.05) is 12.4 Å². The fraction of sp³-hybridized carbons (Fsp3) is 0.286. The maximum Gasteiger partial charge on any atom is 0.159 e. The average molecular weight is 245 g/mol. The topological polar surface area (TPSA) is 25.8 Å². The van der Waals surface area contributed by atoms with Crippen molar-refractivity contribution in [2.45, 2.75) is 26.5 Å². The third kappa shape index (κ3) is 2.80. The molecule has 0 amide bonds. The Kier molecular flexibility index (Phi) is 2.23. The summed E-state index contributed by atoms with van der Waals surface area (Å²) >= 11 is 0. The summed E-state index contributed by atoms with van der Waals surface area (Å²) in [5, 5.41) is 1.21. The highest BCUT2D eigenvalue weighted by Gasteiger charge is 2.17. The van der Waals surface area contributed by atoms with E-state index in [0.29, 0.717) is 11.4 Å². The Morgan fingerprint density at radius 1 is 1.00 bits per heavy atom. The van der Waals surface area contributed by atoms with Gasteiger partial charge in [0.25, 0.3) is 0 Å². The SMILES string of the molecule is [2H]C([2H])([2H])c1ccc(-c2ncc([Si](C)(C)C)cn2)cc1. The molecule has 1 heterocycles. The van der Waals surface area contributed by atoms with Crippen LogP contribution in [0.2, 0.25) is 19.6 Å². The quantitative estimate of drug-likeness (QED) is 0.760. The number of hydrogen-bond acceptors (Lipinski definition) is 2. The van der Waals surface area contributed by atoms with Crippen LogP contribution in [-0.4, -0.2) is 18.0 Å². The summed E-state index contributed by atoms with van der Waals surface area (Å²) in [5.74, 6) is 0.629. The van der Waals surface area contributed by atoms with Crippen LogP contribution in [0, 0.1) is 6.85 Å². The van der Waals surface area contributed by atoms with Crippen molar-refractivity contribution in [1.82, 2.24) is 9.97 Å². The highest BCUT2D eigenvalue weighted by atomic mass is 28.3. The lowest BCUT2D eigenvalue weighted by Gasteiger charge is -2.15. The smallest absolute Gasteiger partial charge is 0.159 e. The molecule has 88 valence electrons. The number of benzene rings is 1. The average Bonchev–Trinajstić information content (AvgIpc) is 2.37. The Bertz CT molecular complexity index is 528. The van der Waals surface area contributed by atoms with Gasteiger partial charge in [-0.1, -0.05) is 49.5 Å². The van der Waals surface area contributed by atoms with Crippen LogP contribution in [0.15, 0.2) is 36.7 Å². The Morgan fingerprint density at radius 3 is 2.06 bits per heavy atom. The molecule has 17 heavy (non-hydrogen) atoms. The van der Waals surface area contributed by atoms with Gasteiger partial charge in [-0.05, 0) is 12.0 Å². The van der Waals surface area contributed by atoms with Gasteiger partial charge in [0.2, 0.25) is 0 Å². The third-order valence-electron chi connectivity index (χ3n) is 2.66. The number of rotatable bonds is 2. The first-order valence-electron chi connectivity index (χ1n) is 7.11. The highest BCUT2D eigenvalue weighted by molar-refractivity contribution is 6.88. The van der Waals surface area contributed by atoms with Crippen LogP contribution in [-0.2, 0) is 0 Å². The second-order valence-corrected chi connectivity index (χ2v) is 10.2. The Morgan fingerprint density at radius 2 is 1.59 bits per heavy atom. The molecule has 0 aliphatic heterocycles. The van der Waals surface area contributed by atoms with E-state index in [0.717, 1.165) is 5.56 Å². The molecule has 1 aromatic heterocycles. The van der Waals surface area contributed by atoms with Crippen LogP contribution in [0.3, 0.4) is 0 Å². The van der Waals surface area contributed by atoms with Crippen LogP contribution in [0.1, 0.15) is 9.68 Å². The summed E-state index contributed by atoms with van der Waals surface area (Å²) in [5.41, 5.74) is 1.17. The van der Waals surface area contributed by atoms with Crippen molar-refractivity contribution in [3.8, 4) is 11.4 Å². The maximum absolute atomic E-state index is 7.35. The predicted molar refractivity (Wildman–Crippen MR) is 75.2 cm³/mol. The molecule has 0 unspecified atom stereocenters. The van der Waals surface area contributed by atoms with Gasteiger partial charge in [0.1, 0.15) is 0 Å². The Labute approximate surface area is 108 Å². The van der Waals surface area contributed by atoms with Gasteiger partial charge < -0.3 is 0 Å². The first-order valence-corrected chi connectivity index (χ1v) is 9.11. The molecule has 0 fully saturated rings. The van der Waals surface area contributed by atoms with Crippen molar-refractivity contribution in [2.75, 3.05) is 0 Å². The Hall–Kier alpha value is -1.48. The second-order valence-electron chi connectivity index (χ2n) is 5.12. The third-order valence-corrected chi connectivity index (χ3v) is 4.65. The summed E-state index contributed by atoms with van der Waals surface area (Å²) < 4.78 is 22.1. The summed E-state index contributed by atoms with van der Waals surface area (Å²) in [6.45, 7) is 4.67. The molecular formula is C14H18N2Si. The first-order chi connectivity index (χ1) is 9.18. The molecule has 0 radical (unpaired) electrons. The summed E-state index contributed by atoms with van der Waals surface area (Å²) in [6.07, 6.45) is 3.76. The fourth-order valence-electron chi connectivity index (χ4n) is 1.48. The molecule has 0 bridgehead atoms. The van der Waals surface area contributed by atoms with Crippen molar-refractivity contribution in [3.05, 3.63) is 42.2 Å². The molecule has 2 nitrogen and oxygen atoms in total. The molecule has 0 saturated heterocycles. The maximum atomic E-state index is 7.35. The van der Waals surface area contributed by atoms with Crippen LogP contribution in [0.4, 0.5) is 0 Å². The summed E-state index contributed by atoms with van der Waals surface area (Å²) in [4.78, 5) is 8.78. The van der Waals surface area contributed by atoms with Gasteiger partial charge in [-0.3, -0.25) is 0 Å². The predicted octanol–water partition coefficient (Wildman–Crippen LogP) is 3.00. The summed E-state index contributed by atoms with van der Waals surface area (Å²) in [7, 11) is -1.39. The normalized spacial score (nSPS) is 14.9. The van der Waals surface area contributed by atoms with E-state index in [1.165, 1.54) is 5.19 Å². The molecule has 0 N–H and O–H groups in total. The molecule has 2 aromatic rings. The molecule has 0 aliphatic carbocycles. The zero-order valence-corrected chi connectivity index (χ0v) is 11.4. The monoisotopic (exact) mass is 245 g/mol. The van der Waals surface area contributed by atoms with Crippen molar-refractivity contribution >= 4 is 13.3 Å². The molecule has 0 atom stereocenters. The zero-order valence-electron chi connectivity index (χ0n) is 13.4. The lowest BCUT2D eigenvalue weighted by Crippen LogP contribution is -2.38. The molecule has 3 heteroatoms. The Balaban J connectivity index is 2.29. The van der Waals surface area contributed by atoms with Gasteiger partial charge in [0.05, 0.1) is 8.07 Å². The highest BCUT2D eigenvalue weighted by Crippen LogP contribution is 2.14. The lowest BCUT2D eigenvalue weighted by molar-refractivity contribution is 1.19. The standard InChI is InChI=1S/C14H18N2Si/c1-11-5-7-12(8-6-11)14-15-9-13(10-16-14)17(2,3)4/h5-10H,1-4H3/i1D3. The molecule has 2 rings (SSSR count). The largest absolute Gasteiger partial charge is 0.237 e. The van der Waals surface area contributed by atoms with E-state index in [4.69, 9.17) is 4.11 Å². The van der Waals surface area contributed by atoms with Gasteiger partial charge in [0.15, 0.2) is 5.82 Å². The lowest BCUT2D eigenvalue weighted by atomic mass is 10.1. The van der Waals surface area contributed by atoms with Crippen LogP contribution in [0.25, 0.3) is 11.4 Å². The number of aryl methyl sites for hydroxylation is 1. The van der Waals surface area contributed by atoms with Gasteiger partial charge in [0, 0.05) is 22.1 Å². The van der Waals surface area contributed by atoms with E-state index < -0.39 is 14.9 Å². The van der Waals surface area contributed by atoms with E-state index >= 15 is 0 Å². The zero-order chi connectivity index (χ0) is 15.0. The summed E-state index contributed by atoms with van der Waals surface area (Å²) in [6, 6.07) is 6.73. The van der Waals surface area contributed by atoms with Crippen molar-refractivity contribution in [3.63, 3.8) is 0 Å². The van der Waals surface area contributed by atoms with Crippen molar-refractivity contribution < 1.29 is 4.11 Å². The molecule has 0 saturated carbocycles. The molecule has 1 aromatic carbocycles. The van der Waals surface area contributed by atoms with Crippen LogP contribution >= 0.6 is 0 Å². The van der Waals surface area contributed by atoms with Gasteiger partial charge >= 0.3 is 0 Å². The molecular weight excluding hydrogens is 224 g/mol. The van der Waals surface area contributed by atoms with Crippen LogP contribution in [0.5, 0.6) is 0 Å². The number of hydrogen-bond donors (Lipinski definition) is 0. The van der Waals surface area contributed by atoms with E-state index in [1.54, 1.807) is 24.3 Å². The van der Waals surface area contributed by atoms with Gasteiger partial charge in [-0.25, -0.2) is 9.97 Å². The van der Waals surface area contributed by atoms with Crippen molar-refractivity contribution in [1.29, 1.82) is 0 Å². The van der Waals surface area contributed by atoms with E-state index in [9.17, 15) is 0 Å². The van der Waals surface area contributed by atoms with Gasteiger partial charge in [-0.2, -0.15) is 0 Å². The van der Waals surface area contributed by atoms with E-state index in [-0.39, 0.29) is 0 Å². The minimum Gasteiger partial charge on any atom is -0.237 e. The van der Waals surface area contributed by atoms with Gasteiger partial charge in [-0.15, -0.1) is 0 Å². The number of aromatic nitrogens is 2. The number of nitrogens with zero attached hydrogens (tertiary/aromatic N) is 2. The molecule has 0 spiro atoms. The fourth-order valence-corrected chi connectivity index (χ4v) is 2.39. The van der Waals surface area contributed by atoms with Crippen LogP contribution < -0.4 is 5.19 Å². The van der Waals surface area contributed by atoms with E-state index in [2.05, 4.69) is 29.6 Å². The molecule has 0 aliphatic rings. The minimum atomic E-state index is -2.07.